The van der Waals surface area contributed by atoms with Crippen LogP contribution in [0.3, 0.4) is 0 Å². The van der Waals surface area contributed by atoms with Gasteiger partial charge in [0.2, 0.25) is 0 Å². The van der Waals surface area contributed by atoms with Gasteiger partial charge in [0.1, 0.15) is 24.6 Å². The normalized spacial score (nSPS) is 10.6. The third kappa shape index (κ3) is 9.42. The van der Waals surface area contributed by atoms with E-state index in [-0.39, 0.29) is 12.2 Å². The molecule has 0 aromatic heterocycles. The van der Waals surface area contributed by atoms with Gasteiger partial charge in [0.25, 0.3) is 0 Å². The first-order valence-corrected chi connectivity index (χ1v) is 10.6. The van der Waals surface area contributed by atoms with E-state index in [1.165, 1.54) is 36.0 Å². The maximum absolute atomic E-state index is 11.3. The molecule has 1 aromatic rings. The summed E-state index contributed by atoms with van der Waals surface area (Å²) in [6, 6.07) is 16.5. The average molecular weight is 397 g/mol. The number of benzene rings is 2. The standard InChI is InChI=1S/C13H10O.C12H22O3/c1-2-4-10(5-3-1)9-14-13-7-11-6-12(11)8-13;1-3-5-6-7-8-9-11(13)10-12(14)15-4-2/h1-8H,9H2;3-10H2,1-2H3. The van der Waals surface area contributed by atoms with Crippen molar-refractivity contribution in [2.75, 3.05) is 6.61 Å². The van der Waals surface area contributed by atoms with Crippen molar-refractivity contribution in [1.82, 2.24) is 0 Å². The Labute approximate surface area is 174 Å². The molecule has 0 bridgehead atoms. The van der Waals surface area contributed by atoms with Gasteiger partial charge in [0.15, 0.2) is 0 Å². The molecule has 1 aromatic carbocycles. The molecule has 0 saturated heterocycles. The monoisotopic (exact) mass is 396 g/mol. The van der Waals surface area contributed by atoms with Crippen LogP contribution in [0.4, 0.5) is 0 Å². The first kappa shape index (κ1) is 22.7. The van der Waals surface area contributed by atoms with E-state index in [2.05, 4.69) is 37.3 Å². The number of hydrogen-bond donors (Lipinski definition) is 0. The van der Waals surface area contributed by atoms with Crippen LogP contribution in [-0.2, 0) is 20.9 Å². The third-order valence-corrected chi connectivity index (χ3v) is 4.61. The molecule has 0 unspecified atom stereocenters. The van der Waals surface area contributed by atoms with Crippen molar-refractivity contribution in [2.24, 2.45) is 0 Å². The molecule has 0 fully saturated rings. The number of rotatable bonds is 12. The molecule has 0 aliphatic heterocycles. The number of fused-ring (bicyclic) bond motifs is 1. The van der Waals surface area contributed by atoms with E-state index in [0.29, 0.717) is 19.6 Å². The molecule has 0 saturated carbocycles. The van der Waals surface area contributed by atoms with Gasteiger partial charge in [-0.1, -0.05) is 62.9 Å². The van der Waals surface area contributed by atoms with Crippen LogP contribution in [0.5, 0.6) is 5.75 Å². The van der Waals surface area contributed by atoms with Crippen molar-refractivity contribution in [2.45, 2.75) is 65.4 Å². The van der Waals surface area contributed by atoms with E-state index in [0.717, 1.165) is 18.6 Å². The van der Waals surface area contributed by atoms with Gasteiger partial charge in [0, 0.05) is 6.42 Å². The number of carbonyl (C=O) groups excluding carboxylic acids is 2. The minimum atomic E-state index is -0.393. The topological polar surface area (TPSA) is 52.6 Å². The molecule has 0 radical (unpaired) electrons. The largest absolute Gasteiger partial charge is 0.489 e. The van der Waals surface area contributed by atoms with Gasteiger partial charge in [-0.2, -0.15) is 0 Å². The number of hydrogen-bond acceptors (Lipinski definition) is 4. The maximum atomic E-state index is 11.3. The second-order valence-corrected chi connectivity index (χ2v) is 7.21. The molecule has 29 heavy (non-hydrogen) atoms. The fourth-order valence-electron chi connectivity index (χ4n) is 2.94. The fraction of sp³-hybridized carbons (Fsp3) is 0.440. The van der Waals surface area contributed by atoms with Crippen molar-refractivity contribution < 1.29 is 19.1 Å². The summed E-state index contributed by atoms with van der Waals surface area (Å²) in [5.74, 6) is 0.599. The summed E-state index contributed by atoms with van der Waals surface area (Å²) in [4.78, 5) is 22.2. The summed E-state index contributed by atoms with van der Waals surface area (Å²) in [5, 5.41) is 0. The van der Waals surface area contributed by atoms with Gasteiger partial charge in [-0.15, -0.1) is 0 Å². The van der Waals surface area contributed by atoms with Crippen LogP contribution in [0.15, 0.2) is 48.5 Å². The first-order chi connectivity index (χ1) is 14.1. The molecule has 156 valence electrons. The molecule has 0 amide bonds. The van der Waals surface area contributed by atoms with E-state index in [1.54, 1.807) is 6.92 Å². The van der Waals surface area contributed by atoms with Crippen LogP contribution < -0.4 is 4.74 Å². The minimum Gasteiger partial charge on any atom is -0.489 e. The molecule has 3 rings (SSSR count). The van der Waals surface area contributed by atoms with Crippen molar-refractivity contribution in [3.63, 3.8) is 0 Å². The van der Waals surface area contributed by atoms with E-state index >= 15 is 0 Å². The molecule has 2 aliphatic carbocycles. The molecule has 0 atom stereocenters. The average Bonchev–Trinajstić information content (AvgIpc) is 3.33. The van der Waals surface area contributed by atoms with Crippen molar-refractivity contribution >= 4 is 11.8 Å². The molecular formula is C25H32O4. The Morgan fingerprint density at radius 3 is 2.21 bits per heavy atom. The van der Waals surface area contributed by atoms with Crippen molar-refractivity contribution in [1.29, 1.82) is 0 Å². The lowest BCUT2D eigenvalue weighted by molar-refractivity contribution is -0.145. The predicted molar refractivity (Wildman–Crippen MR) is 116 cm³/mol. The van der Waals surface area contributed by atoms with E-state index in [4.69, 9.17) is 9.47 Å². The predicted octanol–water partition coefficient (Wildman–Crippen LogP) is 6.12. The van der Waals surface area contributed by atoms with Crippen molar-refractivity contribution in [3.8, 4) is 16.9 Å². The zero-order valence-electron chi connectivity index (χ0n) is 17.6. The maximum Gasteiger partial charge on any atom is 0.313 e. The quantitative estimate of drug-likeness (QED) is 0.210. The Hall–Kier alpha value is -2.62. The highest BCUT2D eigenvalue weighted by Gasteiger charge is 2.14. The first-order valence-electron chi connectivity index (χ1n) is 10.6. The SMILES string of the molecule is CCCCCCCC(=O)CC(=O)OCC.c1ccc(COc2cc3cc-3c2)cc1. The highest BCUT2D eigenvalue weighted by Crippen LogP contribution is 2.39. The molecular weight excluding hydrogens is 364 g/mol. The number of ketones is 1. The van der Waals surface area contributed by atoms with Gasteiger partial charge in [-0.05, 0) is 48.2 Å². The Kier molecular flexibility index (Phi) is 9.98. The van der Waals surface area contributed by atoms with Gasteiger partial charge >= 0.3 is 5.97 Å². The zero-order chi connectivity index (χ0) is 20.9. The zero-order valence-corrected chi connectivity index (χ0v) is 17.6. The molecule has 0 spiro atoms. The smallest absolute Gasteiger partial charge is 0.313 e. The Morgan fingerprint density at radius 1 is 0.862 bits per heavy atom. The second-order valence-electron chi connectivity index (χ2n) is 7.21. The van der Waals surface area contributed by atoms with Crippen LogP contribution in [0.2, 0.25) is 0 Å². The molecule has 2 aliphatic rings. The lowest BCUT2D eigenvalue weighted by Crippen LogP contribution is -2.10. The summed E-state index contributed by atoms with van der Waals surface area (Å²) in [6.07, 6.45) is 6.07. The van der Waals surface area contributed by atoms with E-state index < -0.39 is 5.97 Å². The van der Waals surface area contributed by atoms with Gasteiger partial charge in [0.05, 0.1) is 6.61 Å². The number of Topliss-reactive ketones (excluding diaryl/α,β-unsaturated/α-hetero) is 1. The van der Waals surface area contributed by atoms with Crippen LogP contribution in [-0.4, -0.2) is 18.4 Å². The van der Waals surface area contributed by atoms with Crippen LogP contribution in [0, 0.1) is 0 Å². The second kappa shape index (κ2) is 12.8. The number of unbranched alkanes of at least 4 members (excludes halogenated alkanes) is 4. The highest BCUT2D eigenvalue weighted by atomic mass is 16.5. The minimum absolute atomic E-state index is 0.00458. The number of ether oxygens (including phenoxy) is 2. The van der Waals surface area contributed by atoms with Crippen LogP contribution in [0.25, 0.3) is 11.1 Å². The van der Waals surface area contributed by atoms with Gasteiger partial charge in [-0.3, -0.25) is 9.59 Å². The van der Waals surface area contributed by atoms with Crippen molar-refractivity contribution in [3.05, 3.63) is 54.1 Å². The summed E-state index contributed by atoms with van der Waals surface area (Å²) in [7, 11) is 0. The summed E-state index contributed by atoms with van der Waals surface area (Å²) >= 11 is 0. The molecule has 4 heteroatoms. The number of esters is 1. The van der Waals surface area contributed by atoms with Gasteiger partial charge in [-0.25, -0.2) is 0 Å². The number of carbonyl (C=O) groups is 2. The molecule has 0 heterocycles. The highest BCUT2D eigenvalue weighted by molar-refractivity contribution is 5.95. The Bertz CT molecular complexity index is 745. The Morgan fingerprint density at radius 2 is 1.55 bits per heavy atom. The fourth-order valence-corrected chi connectivity index (χ4v) is 2.94. The lowest BCUT2D eigenvalue weighted by Gasteiger charge is -2.03. The molecule has 0 N–H and O–H groups in total. The van der Waals surface area contributed by atoms with Crippen LogP contribution >= 0.6 is 0 Å². The molecule has 4 nitrogen and oxygen atoms in total. The summed E-state index contributed by atoms with van der Waals surface area (Å²) < 4.78 is 10.3. The van der Waals surface area contributed by atoms with Gasteiger partial charge < -0.3 is 9.47 Å². The third-order valence-electron chi connectivity index (χ3n) is 4.61. The van der Waals surface area contributed by atoms with E-state index in [1.807, 2.05) is 18.2 Å². The Balaban J connectivity index is 0.000000207. The van der Waals surface area contributed by atoms with E-state index in [9.17, 15) is 9.59 Å². The summed E-state index contributed by atoms with van der Waals surface area (Å²) in [5.41, 5.74) is 3.86. The lowest BCUT2D eigenvalue weighted by atomic mass is 10.1. The van der Waals surface area contributed by atoms with Crippen LogP contribution in [0.1, 0.15) is 64.4 Å². The summed E-state index contributed by atoms with van der Waals surface area (Å²) in [6.45, 7) is 4.91.